The van der Waals surface area contributed by atoms with Crippen LogP contribution in [0.5, 0.6) is 0 Å². The number of benzene rings is 1. The number of rotatable bonds is 5. The molecule has 2 rings (SSSR count). The second-order valence-electron chi connectivity index (χ2n) is 5.44. The number of aliphatic hydroxyl groups excluding tert-OH is 1. The minimum absolute atomic E-state index is 0.171. The van der Waals surface area contributed by atoms with Crippen molar-refractivity contribution in [3.05, 3.63) is 28.2 Å². The Labute approximate surface area is 128 Å². The van der Waals surface area contributed by atoms with Crippen LogP contribution in [0, 0.1) is 11.8 Å². The van der Waals surface area contributed by atoms with E-state index >= 15 is 0 Å². The molecule has 0 amide bonds. The third-order valence-electron chi connectivity index (χ3n) is 4.04. The molecule has 1 aromatic rings. The SMILES string of the molecule is CC1CCCC1CNS(=O)(=O)c1cc(CO)ccc1Br. The fourth-order valence-electron chi connectivity index (χ4n) is 2.67. The molecular weight excluding hydrogens is 342 g/mol. The molecule has 1 saturated carbocycles. The van der Waals surface area contributed by atoms with Crippen molar-refractivity contribution in [2.75, 3.05) is 6.54 Å². The predicted molar refractivity (Wildman–Crippen MR) is 81.8 cm³/mol. The summed E-state index contributed by atoms with van der Waals surface area (Å²) < 4.78 is 27.9. The zero-order valence-corrected chi connectivity index (χ0v) is 13.9. The summed E-state index contributed by atoms with van der Waals surface area (Å²) in [4.78, 5) is 0.190. The van der Waals surface area contributed by atoms with Crippen molar-refractivity contribution in [3.8, 4) is 0 Å². The van der Waals surface area contributed by atoms with Crippen molar-refractivity contribution in [1.82, 2.24) is 4.72 Å². The zero-order valence-electron chi connectivity index (χ0n) is 11.5. The first-order valence-corrected chi connectivity index (χ1v) is 9.10. The van der Waals surface area contributed by atoms with E-state index in [2.05, 4.69) is 27.6 Å². The Morgan fingerprint density at radius 1 is 1.40 bits per heavy atom. The number of aliphatic hydroxyl groups is 1. The number of hydrogen-bond donors (Lipinski definition) is 2. The molecule has 6 heteroatoms. The summed E-state index contributed by atoms with van der Waals surface area (Å²) in [6, 6.07) is 4.85. The lowest BCUT2D eigenvalue weighted by Crippen LogP contribution is -2.30. The standard InChI is InChI=1S/C14H20BrNO3S/c1-10-3-2-4-12(10)8-16-20(18,19)14-7-11(9-17)5-6-13(14)15/h5-7,10,12,16-17H,2-4,8-9H2,1H3. The van der Waals surface area contributed by atoms with E-state index in [1.165, 1.54) is 18.9 Å². The Balaban J connectivity index is 2.13. The topological polar surface area (TPSA) is 66.4 Å². The molecular formula is C14H20BrNO3S. The van der Waals surface area contributed by atoms with Crippen LogP contribution >= 0.6 is 15.9 Å². The van der Waals surface area contributed by atoms with Crippen LogP contribution in [0.25, 0.3) is 0 Å². The Kier molecular flexibility index (Phi) is 5.23. The number of hydrogen-bond acceptors (Lipinski definition) is 3. The highest BCUT2D eigenvalue weighted by atomic mass is 79.9. The van der Waals surface area contributed by atoms with Crippen molar-refractivity contribution >= 4 is 26.0 Å². The highest BCUT2D eigenvalue weighted by molar-refractivity contribution is 9.10. The summed E-state index contributed by atoms with van der Waals surface area (Å²) in [5, 5.41) is 9.13. The molecule has 2 N–H and O–H groups in total. The molecule has 112 valence electrons. The zero-order chi connectivity index (χ0) is 14.8. The number of sulfonamides is 1. The third-order valence-corrected chi connectivity index (χ3v) is 6.46. The van der Waals surface area contributed by atoms with E-state index in [0.717, 1.165) is 6.42 Å². The Hall–Kier alpha value is -0.430. The third kappa shape index (κ3) is 3.61. The van der Waals surface area contributed by atoms with Gasteiger partial charge >= 0.3 is 0 Å². The molecule has 1 aromatic carbocycles. The van der Waals surface area contributed by atoms with Gasteiger partial charge in [-0.25, -0.2) is 13.1 Å². The van der Waals surface area contributed by atoms with Gasteiger partial charge in [-0.1, -0.05) is 25.8 Å². The lowest BCUT2D eigenvalue weighted by Gasteiger charge is -2.16. The van der Waals surface area contributed by atoms with E-state index in [1.807, 2.05) is 0 Å². The maximum absolute atomic E-state index is 12.4. The minimum atomic E-state index is -3.54. The van der Waals surface area contributed by atoms with Crippen LogP contribution in [0.15, 0.2) is 27.6 Å². The fraction of sp³-hybridized carbons (Fsp3) is 0.571. The van der Waals surface area contributed by atoms with Gasteiger partial charge in [0.2, 0.25) is 10.0 Å². The van der Waals surface area contributed by atoms with Gasteiger partial charge in [0.05, 0.1) is 11.5 Å². The van der Waals surface area contributed by atoms with E-state index in [-0.39, 0.29) is 11.5 Å². The molecule has 0 aromatic heterocycles. The second kappa shape index (κ2) is 6.56. The van der Waals surface area contributed by atoms with Gasteiger partial charge in [-0.2, -0.15) is 0 Å². The minimum Gasteiger partial charge on any atom is -0.392 e. The van der Waals surface area contributed by atoms with E-state index < -0.39 is 10.0 Å². The van der Waals surface area contributed by atoms with Crippen molar-refractivity contribution in [2.24, 2.45) is 11.8 Å². The van der Waals surface area contributed by atoms with Crippen LogP contribution in [-0.2, 0) is 16.6 Å². The van der Waals surface area contributed by atoms with Crippen molar-refractivity contribution in [1.29, 1.82) is 0 Å². The average molecular weight is 362 g/mol. The van der Waals surface area contributed by atoms with Crippen LogP contribution in [-0.4, -0.2) is 20.1 Å². The summed E-state index contributed by atoms with van der Waals surface area (Å²) in [5.74, 6) is 0.995. The predicted octanol–water partition coefficient (Wildman–Crippen LogP) is 2.66. The van der Waals surface area contributed by atoms with Gasteiger partial charge in [0.15, 0.2) is 0 Å². The molecule has 0 spiro atoms. The Morgan fingerprint density at radius 2 is 2.15 bits per heavy atom. The van der Waals surface area contributed by atoms with E-state index in [0.29, 0.717) is 28.4 Å². The van der Waals surface area contributed by atoms with Gasteiger partial charge in [-0.3, -0.25) is 0 Å². The molecule has 0 bridgehead atoms. The van der Waals surface area contributed by atoms with Crippen molar-refractivity contribution < 1.29 is 13.5 Å². The van der Waals surface area contributed by atoms with Gasteiger partial charge < -0.3 is 5.11 Å². The first-order chi connectivity index (χ1) is 9.44. The van der Waals surface area contributed by atoms with Crippen LogP contribution in [0.2, 0.25) is 0 Å². The van der Waals surface area contributed by atoms with E-state index in [9.17, 15) is 8.42 Å². The second-order valence-corrected chi connectivity index (χ2v) is 8.03. The van der Waals surface area contributed by atoms with Crippen LogP contribution in [0.3, 0.4) is 0 Å². The molecule has 2 atom stereocenters. The van der Waals surface area contributed by atoms with E-state index in [1.54, 1.807) is 12.1 Å². The number of halogens is 1. The molecule has 1 aliphatic rings. The summed E-state index contributed by atoms with van der Waals surface area (Å²) in [7, 11) is -3.54. The highest BCUT2D eigenvalue weighted by Crippen LogP contribution is 2.31. The summed E-state index contributed by atoms with van der Waals surface area (Å²) in [6.45, 7) is 2.49. The largest absolute Gasteiger partial charge is 0.392 e. The fourth-order valence-corrected chi connectivity index (χ4v) is 4.78. The molecule has 1 aliphatic carbocycles. The smallest absolute Gasteiger partial charge is 0.241 e. The van der Waals surface area contributed by atoms with Gasteiger partial charge in [-0.05, 0) is 51.9 Å². The molecule has 0 radical (unpaired) electrons. The maximum atomic E-state index is 12.4. The maximum Gasteiger partial charge on any atom is 0.241 e. The monoisotopic (exact) mass is 361 g/mol. The highest BCUT2D eigenvalue weighted by Gasteiger charge is 2.26. The summed E-state index contributed by atoms with van der Waals surface area (Å²) >= 11 is 3.26. The van der Waals surface area contributed by atoms with Crippen LogP contribution in [0.1, 0.15) is 31.7 Å². The molecule has 1 fully saturated rings. The molecule has 20 heavy (non-hydrogen) atoms. The summed E-state index contributed by atoms with van der Waals surface area (Å²) in [5.41, 5.74) is 0.586. The van der Waals surface area contributed by atoms with Gasteiger partial charge in [0, 0.05) is 11.0 Å². The van der Waals surface area contributed by atoms with Crippen molar-refractivity contribution in [2.45, 2.75) is 37.7 Å². The first-order valence-electron chi connectivity index (χ1n) is 6.83. The number of nitrogens with one attached hydrogen (secondary N) is 1. The molecule has 4 nitrogen and oxygen atoms in total. The van der Waals surface area contributed by atoms with E-state index in [4.69, 9.17) is 5.11 Å². The average Bonchev–Trinajstić information content (AvgIpc) is 2.82. The quantitative estimate of drug-likeness (QED) is 0.846. The molecule has 2 unspecified atom stereocenters. The molecule has 0 aliphatic heterocycles. The van der Waals surface area contributed by atoms with Gasteiger partial charge in [-0.15, -0.1) is 0 Å². The Bertz CT molecular complexity index is 574. The van der Waals surface area contributed by atoms with Gasteiger partial charge in [0.25, 0.3) is 0 Å². The molecule has 0 saturated heterocycles. The van der Waals surface area contributed by atoms with Crippen LogP contribution in [0.4, 0.5) is 0 Å². The Morgan fingerprint density at radius 3 is 2.75 bits per heavy atom. The van der Waals surface area contributed by atoms with Crippen LogP contribution < -0.4 is 4.72 Å². The normalized spacial score (nSPS) is 23.1. The lowest BCUT2D eigenvalue weighted by molar-refractivity contribution is 0.281. The van der Waals surface area contributed by atoms with Gasteiger partial charge in [0.1, 0.15) is 0 Å². The first kappa shape index (κ1) is 15.9. The molecule has 0 heterocycles. The lowest BCUT2D eigenvalue weighted by atomic mass is 9.99. The van der Waals surface area contributed by atoms with Crippen molar-refractivity contribution in [3.63, 3.8) is 0 Å². The summed E-state index contributed by atoms with van der Waals surface area (Å²) in [6.07, 6.45) is 3.44.